The van der Waals surface area contributed by atoms with E-state index in [0.29, 0.717) is 11.3 Å². The molecule has 0 aromatic heterocycles. The Bertz CT molecular complexity index is 891. The molecule has 2 rings (SSSR count). The molecule has 1 aromatic carbocycles. The average molecular weight is 441 g/mol. The normalized spacial score (nSPS) is 19.4. The summed E-state index contributed by atoms with van der Waals surface area (Å²) in [6.07, 6.45) is 14.4. The minimum atomic E-state index is -0.251. The Balaban J connectivity index is 1.76. The minimum absolute atomic E-state index is 0.155. The Morgan fingerprint density at radius 3 is 2.38 bits per heavy atom. The first-order chi connectivity index (χ1) is 15.1. The lowest BCUT2D eigenvalue weighted by atomic mass is 9.87. The third kappa shape index (κ3) is 7.89. The first-order valence-corrected chi connectivity index (χ1v) is 11.7. The van der Waals surface area contributed by atoms with Crippen LogP contribution >= 0.6 is 0 Å². The number of phenols is 1. The summed E-state index contributed by atoms with van der Waals surface area (Å²) in [6, 6.07) is 3.61. The molecule has 0 saturated heterocycles. The minimum Gasteiger partial charge on any atom is -0.508 e. The van der Waals surface area contributed by atoms with Gasteiger partial charge in [-0.15, -0.1) is 0 Å². The van der Waals surface area contributed by atoms with Crippen molar-refractivity contribution in [3.63, 3.8) is 0 Å². The maximum absolute atomic E-state index is 11.4. The van der Waals surface area contributed by atoms with Crippen molar-refractivity contribution in [1.82, 2.24) is 0 Å². The number of phenolic OH excluding ortho intramolecular Hbond substituents is 1. The topological polar surface area (TPSA) is 55.8 Å². The van der Waals surface area contributed by atoms with Gasteiger partial charge >= 0.3 is 5.97 Å². The number of benzene rings is 1. The van der Waals surface area contributed by atoms with Crippen LogP contribution < -0.4 is 4.74 Å². The van der Waals surface area contributed by atoms with Crippen LogP contribution in [0, 0.1) is 6.92 Å². The number of esters is 1. The molecule has 0 radical (unpaired) electrons. The summed E-state index contributed by atoms with van der Waals surface area (Å²) in [5.41, 5.74) is 5.41. The van der Waals surface area contributed by atoms with Gasteiger partial charge in [-0.2, -0.15) is 0 Å². The molecule has 32 heavy (non-hydrogen) atoms. The monoisotopic (exact) mass is 440 g/mol. The summed E-state index contributed by atoms with van der Waals surface area (Å²) < 4.78 is 11.1. The van der Waals surface area contributed by atoms with E-state index in [1.807, 2.05) is 19.1 Å². The van der Waals surface area contributed by atoms with Crippen LogP contribution in [-0.4, -0.2) is 23.8 Å². The zero-order chi connectivity index (χ0) is 23.7. The fraction of sp³-hybridized carbons (Fsp3) is 0.536. The Morgan fingerprint density at radius 1 is 1.09 bits per heavy atom. The molecule has 1 aliphatic rings. The highest BCUT2D eigenvalue weighted by molar-refractivity contribution is 5.87. The highest BCUT2D eigenvalue weighted by atomic mass is 16.5. The second kappa shape index (κ2) is 11.9. The SMILES string of the molecule is COC(=O)C(C)=CCCC(C)=CCCC(C)=CCC[C@]1(C)CCc2cc(O)cc(C)c2O1. The van der Waals surface area contributed by atoms with E-state index >= 15 is 0 Å². The maximum Gasteiger partial charge on any atom is 0.333 e. The standard InChI is InChI=1S/C28H40O4/c1-20(12-8-14-22(3)27(30)31-6)10-7-11-21(2)13-9-16-28(5)17-15-24-19-25(29)18-23(4)26(24)32-28/h10,13-14,18-19,29H,7-9,11-12,15-17H2,1-6H3/t28-/m1/s1. The molecule has 0 unspecified atom stereocenters. The quantitative estimate of drug-likeness (QED) is 0.239. The molecule has 4 nitrogen and oxygen atoms in total. The van der Waals surface area contributed by atoms with Crippen LogP contribution in [0.5, 0.6) is 11.5 Å². The molecular weight excluding hydrogens is 400 g/mol. The van der Waals surface area contributed by atoms with Gasteiger partial charge in [0.2, 0.25) is 0 Å². The number of aromatic hydroxyl groups is 1. The number of hydrogen-bond acceptors (Lipinski definition) is 4. The van der Waals surface area contributed by atoms with Gasteiger partial charge in [-0.1, -0.05) is 29.4 Å². The summed E-state index contributed by atoms with van der Waals surface area (Å²) in [4.78, 5) is 11.4. The van der Waals surface area contributed by atoms with E-state index in [1.165, 1.54) is 18.3 Å². The lowest BCUT2D eigenvalue weighted by molar-refractivity contribution is -0.136. The first kappa shape index (κ1) is 25.8. The lowest BCUT2D eigenvalue weighted by Crippen LogP contribution is -2.36. The molecule has 1 aromatic rings. The first-order valence-electron chi connectivity index (χ1n) is 11.7. The Hall–Kier alpha value is -2.49. The fourth-order valence-corrected chi connectivity index (χ4v) is 4.17. The number of methoxy groups -OCH3 is 1. The third-order valence-corrected chi connectivity index (χ3v) is 6.30. The van der Waals surface area contributed by atoms with E-state index in [-0.39, 0.29) is 11.6 Å². The van der Waals surface area contributed by atoms with Crippen molar-refractivity contribution in [2.75, 3.05) is 7.11 Å². The largest absolute Gasteiger partial charge is 0.508 e. The number of hydrogen-bond donors (Lipinski definition) is 1. The Labute approximate surface area is 194 Å². The Kier molecular flexibility index (Phi) is 9.61. The number of allylic oxidation sites excluding steroid dienone is 5. The van der Waals surface area contributed by atoms with Crippen LogP contribution in [0.1, 0.15) is 83.8 Å². The summed E-state index contributed by atoms with van der Waals surface area (Å²) in [5, 5.41) is 9.81. The van der Waals surface area contributed by atoms with Crippen LogP contribution in [0.4, 0.5) is 0 Å². The second-order valence-electron chi connectivity index (χ2n) is 9.40. The van der Waals surface area contributed by atoms with Gasteiger partial charge in [0.25, 0.3) is 0 Å². The molecule has 1 atom stereocenters. The number of carbonyl (C=O) groups excluding carboxylic acids is 1. The van der Waals surface area contributed by atoms with Crippen molar-refractivity contribution in [3.8, 4) is 11.5 Å². The summed E-state index contributed by atoms with van der Waals surface area (Å²) in [5.74, 6) is 1.03. The van der Waals surface area contributed by atoms with Gasteiger partial charge in [0.15, 0.2) is 0 Å². The number of fused-ring (bicyclic) bond motifs is 1. The summed E-state index contributed by atoms with van der Waals surface area (Å²) in [7, 11) is 1.41. The molecule has 1 N–H and O–H groups in total. The Morgan fingerprint density at radius 2 is 1.72 bits per heavy atom. The van der Waals surface area contributed by atoms with Crippen LogP contribution in [0.3, 0.4) is 0 Å². The van der Waals surface area contributed by atoms with Crippen molar-refractivity contribution in [3.05, 3.63) is 58.2 Å². The van der Waals surface area contributed by atoms with Gasteiger partial charge in [-0.3, -0.25) is 0 Å². The molecule has 1 aliphatic heterocycles. The zero-order valence-corrected chi connectivity index (χ0v) is 20.7. The lowest BCUT2D eigenvalue weighted by Gasteiger charge is -2.36. The number of rotatable bonds is 10. The van der Waals surface area contributed by atoms with Crippen molar-refractivity contribution in [2.45, 2.75) is 91.6 Å². The summed E-state index contributed by atoms with van der Waals surface area (Å²) in [6.45, 7) is 10.4. The van der Waals surface area contributed by atoms with Gasteiger partial charge < -0.3 is 14.6 Å². The van der Waals surface area contributed by atoms with E-state index in [0.717, 1.165) is 68.2 Å². The highest BCUT2D eigenvalue weighted by Crippen LogP contribution is 2.39. The van der Waals surface area contributed by atoms with E-state index in [9.17, 15) is 9.90 Å². The summed E-state index contributed by atoms with van der Waals surface area (Å²) >= 11 is 0. The van der Waals surface area contributed by atoms with Gasteiger partial charge in [0.05, 0.1) is 7.11 Å². The molecule has 0 fully saturated rings. The molecule has 0 bridgehead atoms. The second-order valence-corrected chi connectivity index (χ2v) is 9.40. The molecular formula is C28H40O4. The van der Waals surface area contributed by atoms with E-state index in [4.69, 9.17) is 9.47 Å². The van der Waals surface area contributed by atoms with Crippen molar-refractivity contribution in [2.24, 2.45) is 0 Å². The van der Waals surface area contributed by atoms with Crippen LogP contribution in [0.25, 0.3) is 0 Å². The average Bonchev–Trinajstić information content (AvgIpc) is 2.73. The molecule has 0 spiro atoms. The molecule has 176 valence electrons. The van der Waals surface area contributed by atoms with E-state index in [2.05, 4.69) is 32.9 Å². The number of aryl methyl sites for hydroxylation is 2. The van der Waals surface area contributed by atoms with Gasteiger partial charge in [-0.05, 0) is 109 Å². The number of ether oxygens (including phenoxy) is 2. The maximum atomic E-state index is 11.4. The molecule has 0 aliphatic carbocycles. The van der Waals surface area contributed by atoms with Gasteiger partial charge in [0, 0.05) is 5.57 Å². The van der Waals surface area contributed by atoms with Crippen LogP contribution in [0.15, 0.2) is 47.1 Å². The smallest absolute Gasteiger partial charge is 0.333 e. The van der Waals surface area contributed by atoms with Crippen molar-refractivity contribution >= 4 is 5.97 Å². The molecule has 1 heterocycles. The third-order valence-electron chi connectivity index (χ3n) is 6.30. The van der Waals surface area contributed by atoms with E-state index in [1.54, 1.807) is 13.0 Å². The molecule has 0 amide bonds. The van der Waals surface area contributed by atoms with Crippen molar-refractivity contribution in [1.29, 1.82) is 0 Å². The predicted octanol–water partition coefficient (Wildman–Crippen LogP) is 7.14. The van der Waals surface area contributed by atoms with Gasteiger partial charge in [0.1, 0.15) is 17.1 Å². The van der Waals surface area contributed by atoms with Crippen LogP contribution in [-0.2, 0) is 16.0 Å². The zero-order valence-electron chi connectivity index (χ0n) is 20.7. The van der Waals surface area contributed by atoms with Crippen molar-refractivity contribution < 1.29 is 19.4 Å². The fourth-order valence-electron chi connectivity index (χ4n) is 4.17. The molecule has 4 heteroatoms. The molecule has 0 saturated carbocycles. The predicted molar refractivity (Wildman–Crippen MR) is 131 cm³/mol. The number of carbonyl (C=O) groups is 1. The van der Waals surface area contributed by atoms with Crippen LogP contribution in [0.2, 0.25) is 0 Å². The highest BCUT2D eigenvalue weighted by Gasteiger charge is 2.31. The van der Waals surface area contributed by atoms with Gasteiger partial charge in [-0.25, -0.2) is 4.79 Å². The van der Waals surface area contributed by atoms with E-state index < -0.39 is 0 Å².